The molecule has 2 aliphatic heterocycles. The second-order valence-corrected chi connectivity index (χ2v) is 13.1. The number of amides is 3. The van der Waals surface area contributed by atoms with Gasteiger partial charge in [-0.15, -0.1) is 0 Å². The number of non-ortho nitro benzene ring substituents is 1. The molecule has 0 saturated carbocycles. The number of halogens is 1. The van der Waals surface area contributed by atoms with E-state index < -0.39 is 39.7 Å². The smallest absolute Gasteiger partial charge is 0.308 e. The number of fused-ring (bicyclic) bond motifs is 3. The van der Waals surface area contributed by atoms with Crippen LogP contribution in [0.15, 0.2) is 101 Å². The monoisotopic (exact) mass is 656 g/mol. The number of benzene rings is 4. The fourth-order valence-corrected chi connectivity index (χ4v) is 8.83. The lowest BCUT2D eigenvalue weighted by atomic mass is 9.83. The third-order valence-electron chi connectivity index (χ3n) is 7.96. The first-order chi connectivity index (χ1) is 21.7. The number of carbonyl (C=O) groups is 3. The topological polar surface area (TPSA) is 132 Å². The molecular weight excluding hydrogens is 636 g/mol. The van der Waals surface area contributed by atoms with Crippen LogP contribution in [0.5, 0.6) is 0 Å². The quantitative estimate of drug-likeness (QED) is 0.134. The molecule has 224 valence electrons. The Morgan fingerprint density at radius 1 is 0.911 bits per heavy atom. The minimum Gasteiger partial charge on any atom is -0.324 e. The third kappa shape index (κ3) is 5.00. The second-order valence-electron chi connectivity index (χ2n) is 10.6. The van der Waals surface area contributed by atoms with Crippen LogP contribution in [0.4, 0.5) is 17.1 Å². The summed E-state index contributed by atoms with van der Waals surface area (Å²) in [5, 5.41) is 15.9. The van der Waals surface area contributed by atoms with Gasteiger partial charge in [0.15, 0.2) is 0 Å². The molecule has 3 atom stereocenters. The van der Waals surface area contributed by atoms with Crippen LogP contribution in [0.3, 0.4) is 0 Å². The average molecular weight is 657 g/mol. The SMILES string of the molecule is O=C(Cn1c2c(sc1=O)[C@H](c1ccc(Cl)cc1)C1C(=O)N(c3ccc([N+](=O)[O-])cc3)C(=O)C1S2)Nc1cccc2ccccc12. The standard InChI is InChI=1S/C32H21ClN4O6S2/c33-19-10-8-18(9-11-19)25-26-27(30(40)36(29(26)39)20-12-14-21(15-13-20)37(42)43)44-31-28(25)45-32(41)35(31)16-24(38)34-23-7-3-5-17-4-1-2-6-22(17)23/h1-15,25-27H,16H2,(H,34,38)/t25-,26?,27?/m1/s1. The molecule has 1 saturated heterocycles. The van der Waals surface area contributed by atoms with Gasteiger partial charge < -0.3 is 5.32 Å². The molecule has 0 spiro atoms. The normalized spacial score (nSPS) is 19.0. The first kappa shape index (κ1) is 29.0. The molecule has 2 unspecified atom stereocenters. The van der Waals surface area contributed by atoms with Gasteiger partial charge >= 0.3 is 4.87 Å². The van der Waals surface area contributed by atoms with Crippen LogP contribution in [0.1, 0.15) is 16.4 Å². The number of hydrogen-bond acceptors (Lipinski definition) is 8. The molecule has 2 aliphatic rings. The van der Waals surface area contributed by atoms with E-state index in [0.29, 0.717) is 26.2 Å². The van der Waals surface area contributed by atoms with Gasteiger partial charge in [0, 0.05) is 39.0 Å². The Morgan fingerprint density at radius 2 is 1.62 bits per heavy atom. The summed E-state index contributed by atoms with van der Waals surface area (Å²) in [5.74, 6) is -2.91. The molecule has 5 aromatic rings. The van der Waals surface area contributed by atoms with E-state index >= 15 is 0 Å². The van der Waals surface area contributed by atoms with Crippen molar-refractivity contribution in [1.29, 1.82) is 0 Å². The maximum absolute atomic E-state index is 14.0. The van der Waals surface area contributed by atoms with Crippen molar-refractivity contribution in [3.63, 3.8) is 0 Å². The van der Waals surface area contributed by atoms with Gasteiger partial charge in [0.25, 0.3) is 5.69 Å². The molecule has 7 rings (SSSR count). The van der Waals surface area contributed by atoms with Crippen LogP contribution < -0.4 is 15.1 Å². The zero-order valence-corrected chi connectivity index (χ0v) is 25.5. The molecule has 3 heterocycles. The molecular formula is C32H21ClN4O6S2. The van der Waals surface area contributed by atoms with Gasteiger partial charge in [-0.2, -0.15) is 0 Å². The Bertz CT molecular complexity index is 2090. The molecule has 1 fully saturated rings. The number of carbonyl (C=O) groups excluding carboxylic acids is 3. The number of thioether (sulfide) groups is 1. The number of nitrogens with one attached hydrogen (secondary N) is 1. The lowest BCUT2D eigenvalue weighted by Gasteiger charge is -2.30. The van der Waals surface area contributed by atoms with Crippen LogP contribution in [-0.2, 0) is 20.9 Å². The summed E-state index contributed by atoms with van der Waals surface area (Å²) in [4.78, 5) is 66.5. The van der Waals surface area contributed by atoms with Crippen molar-refractivity contribution < 1.29 is 19.3 Å². The van der Waals surface area contributed by atoms with E-state index in [0.717, 1.165) is 38.8 Å². The van der Waals surface area contributed by atoms with Gasteiger partial charge in [-0.3, -0.25) is 33.9 Å². The Kier molecular flexibility index (Phi) is 7.27. The predicted octanol–water partition coefficient (Wildman–Crippen LogP) is 6.06. The summed E-state index contributed by atoms with van der Waals surface area (Å²) in [6, 6.07) is 25.3. The Hall–Kier alpha value is -4.78. The summed E-state index contributed by atoms with van der Waals surface area (Å²) < 4.78 is 1.36. The van der Waals surface area contributed by atoms with Gasteiger partial charge in [0.1, 0.15) is 11.8 Å². The lowest BCUT2D eigenvalue weighted by Crippen LogP contribution is -2.33. The minimum absolute atomic E-state index is 0.170. The zero-order chi connectivity index (χ0) is 31.4. The van der Waals surface area contributed by atoms with Crippen molar-refractivity contribution in [2.24, 2.45) is 5.92 Å². The Balaban J connectivity index is 1.27. The number of aromatic nitrogens is 1. The number of thiazole rings is 1. The number of imide groups is 1. The van der Waals surface area contributed by atoms with E-state index in [4.69, 9.17) is 11.6 Å². The lowest BCUT2D eigenvalue weighted by molar-refractivity contribution is -0.384. The largest absolute Gasteiger partial charge is 0.324 e. The molecule has 1 aromatic heterocycles. The van der Waals surface area contributed by atoms with Gasteiger partial charge in [-0.25, -0.2) is 4.90 Å². The molecule has 13 heteroatoms. The van der Waals surface area contributed by atoms with E-state index in [9.17, 15) is 29.3 Å². The number of nitrogens with zero attached hydrogens (tertiary/aromatic N) is 3. The number of rotatable bonds is 6. The van der Waals surface area contributed by atoms with Gasteiger partial charge in [-0.1, -0.05) is 83.2 Å². The third-order valence-corrected chi connectivity index (χ3v) is 10.8. The molecule has 4 aromatic carbocycles. The van der Waals surface area contributed by atoms with E-state index in [1.165, 1.54) is 28.8 Å². The number of hydrogen-bond donors (Lipinski definition) is 1. The Morgan fingerprint density at radius 3 is 2.36 bits per heavy atom. The summed E-state index contributed by atoms with van der Waals surface area (Å²) in [7, 11) is 0. The molecule has 1 N–H and O–H groups in total. The van der Waals surface area contributed by atoms with Crippen molar-refractivity contribution in [2.45, 2.75) is 22.7 Å². The average Bonchev–Trinajstić information content (AvgIpc) is 3.48. The van der Waals surface area contributed by atoms with E-state index in [-0.39, 0.29) is 22.8 Å². The highest BCUT2D eigenvalue weighted by molar-refractivity contribution is 8.00. The highest BCUT2D eigenvalue weighted by Crippen LogP contribution is 2.54. The number of nitro groups is 1. The fourth-order valence-electron chi connectivity index (χ4n) is 5.93. The van der Waals surface area contributed by atoms with Crippen LogP contribution in [0.25, 0.3) is 10.8 Å². The molecule has 0 bridgehead atoms. The fraction of sp³-hybridized carbons (Fsp3) is 0.125. The summed E-state index contributed by atoms with van der Waals surface area (Å²) in [6.45, 7) is -0.292. The number of nitro benzene ring substituents is 1. The first-order valence-electron chi connectivity index (χ1n) is 13.8. The molecule has 10 nitrogen and oxygen atoms in total. The van der Waals surface area contributed by atoms with Gasteiger partial charge in [0.05, 0.1) is 21.6 Å². The van der Waals surface area contributed by atoms with Crippen molar-refractivity contribution in [3.8, 4) is 0 Å². The first-order valence-corrected chi connectivity index (χ1v) is 15.8. The molecule has 3 amide bonds. The van der Waals surface area contributed by atoms with E-state index in [2.05, 4.69) is 5.32 Å². The maximum atomic E-state index is 14.0. The summed E-state index contributed by atoms with van der Waals surface area (Å²) in [5.41, 5.74) is 1.35. The van der Waals surface area contributed by atoms with Crippen molar-refractivity contribution in [1.82, 2.24) is 4.57 Å². The second kappa shape index (κ2) is 11.3. The summed E-state index contributed by atoms with van der Waals surface area (Å²) >= 11 is 8.20. The minimum atomic E-state index is -0.901. The maximum Gasteiger partial charge on any atom is 0.308 e. The van der Waals surface area contributed by atoms with Gasteiger partial charge in [0.2, 0.25) is 17.7 Å². The van der Waals surface area contributed by atoms with Crippen molar-refractivity contribution >= 4 is 80.3 Å². The zero-order valence-electron chi connectivity index (χ0n) is 23.1. The summed E-state index contributed by atoms with van der Waals surface area (Å²) in [6.07, 6.45) is 0. The highest BCUT2D eigenvalue weighted by atomic mass is 35.5. The van der Waals surface area contributed by atoms with Crippen LogP contribution in [0.2, 0.25) is 5.02 Å². The predicted molar refractivity (Wildman–Crippen MR) is 173 cm³/mol. The van der Waals surface area contributed by atoms with Crippen LogP contribution >= 0.6 is 34.7 Å². The Labute approximate surface area is 268 Å². The van der Waals surface area contributed by atoms with E-state index in [1.54, 1.807) is 30.3 Å². The van der Waals surface area contributed by atoms with Crippen LogP contribution in [0, 0.1) is 16.0 Å². The van der Waals surface area contributed by atoms with Crippen molar-refractivity contribution in [2.75, 3.05) is 10.2 Å². The molecule has 0 radical (unpaired) electrons. The van der Waals surface area contributed by atoms with Crippen molar-refractivity contribution in [3.05, 3.63) is 126 Å². The molecule has 45 heavy (non-hydrogen) atoms. The van der Waals surface area contributed by atoms with E-state index in [1.807, 2.05) is 36.4 Å². The number of anilines is 2. The van der Waals surface area contributed by atoms with Crippen LogP contribution in [-0.4, -0.2) is 32.5 Å². The molecule has 0 aliphatic carbocycles. The van der Waals surface area contributed by atoms with Gasteiger partial charge in [-0.05, 0) is 41.3 Å². The highest BCUT2D eigenvalue weighted by Gasteiger charge is 2.56.